The van der Waals surface area contributed by atoms with E-state index < -0.39 is 0 Å². The van der Waals surface area contributed by atoms with E-state index >= 15 is 0 Å². The van der Waals surface area contributed by atoms with Crippen molar-refractivity contribution in [2.45, 2.75) is 52.5 Å². The summed E-state index contributed by atoms with van der Waals surface area (Å²) in [6, 6.07) is 0.957. The van der Waals surface area contributed by atoms with Crippen LogP contribution in [0.25, 0.3) is 0 Å². The molecule has 1 nitrogen and oxygen atoms in total. The maximum absolute atomic E-state index is 2.61. The Morgan fingerprint density at radius 1 is 1.33 bits per heavy atom. The van der Waals surface area contributed by atoms with Crippen molar-refractivity contribution in [3.8, 4) is 0 Å². The van der Waals surface area contributed by atoms with Gasteiger partial charge in [-0.05, 0) is 12.3 Å². The lowest BCUT2D eigenvalue weighted by molar-refractivity contribution is 0.415. The smallest absolute Gasteiger partial charge is 0.0224 e. The number of unbranched alkanes of at least 4 members (excludes halogenated alkanes) is 2. The zero-order valence-corrected chi connectivity index (χ0v) is 8.84. The van der Waals surface area contributed by atoms with Gasteiger partial charge in [-0.2, -0.15) is 0 Å². The Bertz CT molecular complexity index is 120. The van der Waals surface area contributed by atoms with E-state index in [1.807, 2.05) is 0 Å². The minimum atomic E-state index is 0.848. The molecule has 72 valence electrons. The minimum absolute atomic E-state index is 0.848. The van der Waals surface area contributed by atoms with Crippen LogP contribution in [-0.4, -0.2) is 24.0 Å². The van der Waals surface area contributed by atoms with Crippen LogP contribution in [0.15, 0.2) is 0 Å². The summed E-state index contributed by atoms with van der Waals surface area (Å²) in [5.74, 6) is 0.848. The van der Waals surface area contributed by atoms with Crippen molar-refractivity contribution in [1.29, 1.82) is 0 Å². The summed E-state index contributed by atoms with van der Waals surface area (Å²) in [5.41, 5.74) is 0. The summed E-state index contributed by atoms with van der Waals surface area (Å²) in [6.45, 7) is 9.58. The van der Waals surface area contributed by atoms with Gasteiger partial charge in [0, 0.05) is 19.1 Å². The zero-order chi connectivity index (χ0) is 8.97. The topological polar surface area (TPSA) is 3.01 Å². The molecule has 0 aromatic carbocycles. The summed E-state index contributed by atoms with van der Waals surface area (Å²) in [5, 5.41) is 0. The first-order valence-corrected chi connectivity index (χ1v) is 5.48. The monoisotopic (exact) mass is 169 g/mol. The second kappa shape index (κ2) is 4.86. The summed E-state index contributed by atoms with van der Waals surface area (Å²) >= 11 is 0. The van der Waals surface area contributed by atoms with Crippen LogP contribution in [0.4, 0.5) is 0 Å². The van der Waals surface area contributed by atoms with Crippen LogP contribution in [-0.2, 0) is 0 Å². The largest absolute Gasteiger partial charge is 0.297 e. The van der Waals surface area contributed by atoms with E-state index in [-0.39, 0.29) is 0 Å². The van der Waals surface area contributed by atoms with E-state index in [1.54, 1.807) is 0 Å². The van der Waals surface area contributed by atoms with Gasteiger partial charge in [0.05, 0.1) is 0 Å². The molecule has 0 aromatic rings. The standard InChI is InChI=1S/C11H23N/c1-4-5-6-7-11-9-12(11)8-10(2)3/h10-11H,4-9H2,1-3H3. The molecule has 2 unspecified atom stereocenters. The zero-order valence-electron chi connectivity index (χ0n) is 8.84. The predicted octanol–water partition coefficient (Wildman–Crippen LogP) is 2.91. The molecule has 12 heavy (non-hydrogen) atoms. The third-order valence-electron chi connectivity index (χ3n) is 2.57. The van der Waals surface area contributed by atoms with Crippen molar-refractivity contribution in [1.82, 2.24) is 4.90 Å². The molecular formula is C11H23N. The number of hydrogen-bond donors (Lipinski definition) is 0. The average molecular weight is 169 g/mol. The van der Waals surface area contributed by atoms with Crippen molar-refractivity contribution in [3.05, 3.63) is 0 Å². The molecule has 0 N–H and O–H groups in total. The van der Waals surface area contributed by atoms with Gasteiger partial charge in [0.25, 0.3) is 0 Å². The Hall–Kier alpha value is -0.0400. The molecule has 0 spiro atoms. The van der Waals surface area contributed by atoms with Crippen LogP contribution in [0.3, 0.4) is 0 Å². The van der Waals surface area contributed by atoms with Gasteiger partial charge in [-0.25, -0.2) is 0 Å². The molecule has 0 aliphatic carbocycles. The number of rotatable bonds is 6. The molecule has 1 aliphatic rings. The van der Waals surface area contributed by atoms with Gasteiger partial charge in [-0.1, -0.05) is 40.0 Å². The van der Waals surface area contributed by atoms with Crippen LogP contribution in [0.2, 0.25) is 0 Å². The van der Waals surface area contributed by atoms with Crippen molar-refractivity contribution in [2.75, 3.05) is 13.1 Å². The summed E-state index contributed by atoms with van der Waals surface area (Å²) in [7, 11) is 0. The second-order valence-corrected chi connectivity index (χ2v) is 4.50. The Morgan fingerprint density at radius 3 is 2.67 bits per heavy atom. The van der Waals surface area contributed by atoms with E-state index in [0.717, 1.165) is 12.0 Å². The predicted molar refractivity (Wildman–Crippen MR) is 54.3 cm³/mol. The molecular weight excluding hydrogens is 146 g/mol. The lowest BCUT2D eigenvalue weighted by atomic mass is 10.1. The van der Waals surface area contributed by atoms with Gasteiger partial charge in [-0.3, -0.25) is 4.90 Å². The van der Waals surface area contributed by atoms with E-state index in [2.05, 4.69) is 25.7 Å². The number of hydrogen-bond acceptors (Lipinski definition) is 1. The van der Waals surface area contributed by atoms with Crippen LogP contribution < -0.4 is 0 Å². The van der Waals surface area contributed by atoms with E-state index in [9.17, 15) is 0 Å². The average Bonchev–Trinajstić information content (AvgIpc) is 2.67. The van der Waals surface area contributed by atoms with Crippen molar-refractivity contribution >= 4 is 0 Å². The fraction of sp³-hybridized carbons (Fsp3) is 1.00. The first-order chi connectivity index (χ1) is 5.74. The quantitative estimate of drug-likeness (QED) is 0.436. The molecule has 1 saturated heterocycles. The highest BCUT2D eigenvalue weighted by atomic mass is 15.3. The van der Waals surface area contributed by atoms with Gasteiger partial charge < -0.3 is 0 Å². The molecule has 1 fully saturated rings. The Kier molecular flexibility index (Phi) is 4.07. The molecule has 0 radical (unpaired) electrons. The molecule has 1 heterocycles. The van der Waals surface area contributed by atoms with Gasteiger partial charge in [-0.15, -0.1) is 0 Å². The molecule has 0 amide bonds. The molecule has 1 heteroatoms. The number of nitrogens with zero attached hydrogens (tertiary/aromatic N) is 1. The summed E-state index contributed by atoms with van der Waals surface area (Å²) in [4.78, 5) is 2.61. The van der Waals surface area contributed by atoms with Gasteiger partial charge in [0.15, 0.2) is 0 Å². The fourth-order valence-corrected chi connectivity index (χ4v) is 1.82. The van der Waals surface area contributed by atoms with Crippen LogP contribution in [0.1, 0.15) is 46.5 Å². The van der Waals surface area contributed by atoms with Crippen molar-refractivity contribution in [3.63, 3.8) is 0 Å². The minimum Gasteiger partial charge on any atom is -0.297 e. The molecule has 2 atom stereocenters. The fourth-order valence-electron chi connectivity index (χ4n) is 1.82. The molecule has 1 rings (SSSR count). The van der Waals surface area contributed by atoms with Crippen molar-refractivity contribution < 1.29 is 0 Å². The van der Waals surface area contributed by atoms with E-state index in [1.165, 1.54) is 38.8 Å². The normalized spacial score (nSPS) is 28.0. The van der Waals surface area contributed by atoms with Crippen molar-refractivity contribution in [2.24, 2.45) is 5.92 Å². The molecule has 0 bridgehead atoms. The van der Waals surface area contributed by atoms with Gasteiger partial charge in [0.1, 0.15) is 0 Å². The molecule has 0 aromatic heterocycles. The molecule has 1 aliphatic heterocycles. The van der Waals surface area contributed by atoms with Crippen LogP contribution >= 0.6 is 0 Å². The first-order valence-electron chi connectivity index (χ1n) is 5.48. The second-order valence-electron chi connectivity index (χ2n) is 4.50. The summed E-state index contributed by atoms with van der Waals surface area (Å²) in [6.07, 6.45) is 5.67. The highest BCUT2D eigenvalue weighted by molar-refractivity contribution is 4.88. The van der Waals surface area contributed by atoms with E-state index in [4.69, 9.17) is 0 Å². The lowest BCUT2D eigenvalue weighted by Gasteiger charge is -2.05. The van der Waals surface area contributed by atoms with Crippen LogP contribution in [0, 0.1) is 5.92 Å². The summed E-state index contributed by atoms with van der Waals surface area (Å²) < 4.78 is 0. The maximum Gasteiger partial charge on any atom is 0.0224 e. The molecule has 0 saturated carbocycles. The third kappa shape index (κ3) is 3.57. The Morgan fingerprint density at radius 2 is 2.08 bits per heavy atom. The SMILES string of the molecule is CCCCCC1CN1CC(C)C. The third-order valence-corrected chi connectivity index (χ3v) is 2.57. The Labute approximate surface area is 77.1 Å². The van der Waals surface area contributed by atoms with Crippen LogP contribution in [0.5, 0.6) is 0 Å². The van der Waals surface area contributed by atoms with Gasteiger partial charge in [0.2, 0.25) is 0 Å². The maximum atomic E-state index is 2.61. The first kappa shape index (κ1) is 10.0. The Balaban J connectivity index is 1.93. The van der Waals surface area contributed by atoms with E-state index in [0.29, 0.717) is 0 Å². The highest BCUT2D eigenvalue weighted by Crippen LogP contribution is 2.24. The lowest BCUT2D eigenvalue weighted by Crippen LogP contribution is -2.09. The highest BCUT2D eigenvalue weighted by Gasteiger charge is 2.32. The van der Waals surface area contributed by atoms with Gasteiger partial charge >= 0.3 is 0 Å².